The summed E-state index contributed by atoms with van der Waals surface area (Å²) in [5.74, 6) is -3.41. The van der Waals surface area contributed by atoms with E-state index in [9.17, 15) is 19.1 Å². The van der Waals surface area contributed by atoms with E-state index in [2.05, 4.69) is 0 Å². The van der Waals surface area contributed by atoms with Gasteiger partial charge in [0.05, 0.1) is 11.5 Å². The van der Waals surface area contributed by atoms with Gasteiger partial charge in [0.1, 0.15) is 5.82 Å². The van der Waals surface area contributed by atoms with Crippen molar-refractivity contribution >= 4 is 11.9 Å². The molecule has 0 saturated carbocycles. The molecule has 0 aliphatic heterocycles. The molecule has 0 aliphatic rings. The molecule has 2 rings (SSSR count). The summed E-state index contributed by atoms with van der Waals surface area (Å²) in [5, 5.41) is 18.2. The number of benzene rings is 2. The summed E-state index contributed by atoms with van der Waals surface area (Å²) >= 11 is 0. The van der Waals surface area contributed by atoms with Gasteiger partial charge < -0.3 is 10.2 Å². The number of carboxylic acid groups (broad SMARTS) is 2. The molecule has 4 nitrogen and oxygen atoms in total. The van der Waals surface area contributed by atoms with Gasteiger partial charge in [-0.25, -0.2) is 9.18 Å². The summed E-state index contributed by atoms with van der Waals surface area (Å²) in [6.07, 6.45) is 0.164. The second-order valence-corrected chi connectivity index (χ2v) is 5.11. The van der Waals surface area contributed by atoms with Crippen LogP contribution in [-0.4, -0.2) is 22.2 Å². The number of aromatic carboxylic acids is 1. The molecule has 1 atom stereocenters. The number of rotatable bonds is 5. The van der Waals surface area contributed by atoms with Crippen LogP contribution in [-0.2, 0) is 11.2 Å². The highest BCUT2D eigenvalue weighted by molar-refractivity contribution is 5.87. The van der Waals surface area contributed by atoms with Crippen LogP contribution in [0.1, 0.15) is 33.0 Å². The van der Waals surface area contributed by atoms with E-state index in [1.165, 1.54) is 18.2 Å². The van der Waals surface area contributed by atoms with Crippen LogP contribution in [0.25, 0.3) is 0 Å². The van der Waals surface area contributed by atoms with Crippen molar-refractivity contribution < 1.29 is 24.2 Å². The molecule has 0 bridgehead atoms. The lowest BCUT2D eigenvalue weighted by Crippen LogP contribution is -2.15. The van der Waals surface area contributed by atoms with E-state index in [0.29, 0.717) is 16.7 Å². The highest BCUT2D eigenvalue weighted by atomic mass is 19.1. The molecular weight excluding hydrogens is 287 g/mol. The Morgan fingerprint density at radius 2 is 1.73 bits per heavy atom. The molecule has 0 amide bonds. The van der Waals surface area contributed by atoms with E-state index in [1.807, 2.05) is 0 Å². The van der Waals surface area contributed by atoms with Crippen LogP contribution >= 0.6 is 0 Å². The van der Waals surface area contributed by atoms with E-state index >= 15 is 0 Å². The number of aryl methyl sites for hydroxylation is 1. The Morgan fingerprint density at radius 3 is 2.23 bits per heavy atom. The van der Waals surface area contributed by atoms with Crippen LogP contribution in [0.15, 0.2) is 42.5 Å². The van der Waals surface area contributed by atoms with Crippen LogP contribution in [0.3, 0.4) is 0 Å². The van der Waals surface area contributed by atoms with Gasteiger partial charge in [-0.05, 0) is 48.2 Å². The van der Waals surface area contributed by atoms with Gasteiger partial charge >= 0.3 is 11.9 Å². The zero-order chi connectivity index (χ0) is 16.3. The van der Waals surface area contributed by atoms with Gasteiger partial charge in [0.15, 0.2) is 0 Å². The minimum atomic E-state index is -1.05. The van der Waals surface area contributed by atoms with E-state index in [1.54, 1.807) is 31.2 Å². The summed E-state index contributed by atoms with van der Waals surface area (Å²) in [7, 11) is 0. The Morgan fingerprint density at radius 1 is 1.09 bits per heavy atom. The first-order chi connectivity index (χ1) is 10.4. The third kappa shape index (κ3) is 3.49. The van der Waals surface area contributed by atoms with Crippen molar-refractivity contribution in [3.8, 4) is 0 Å². The molecular formula is C17H15FO4. The highest BCUT2D eigenvalue weighted by Gasteiger charge is 2.21. The fourth-order valence-electron chi connectivity index (χ4n) is 2.19. The number of aliphatic carboxylic acids is 1. The van der Waals surface area contributed by atoms with E-state index < -0.39 is 23.7 Å². The van der Waals surface area contributed by atoms with Crippen molar-refractivity contribution in [1.82, 2.24) is 0 Å². The topological polar surface area (TPSA) is 74.6 Å². The molecule has 2 aromatic carbocycles. The molecule has 0 aliphatic carbocycles. The van der Waals surface area contributed by atoms with E-state index in [-0.39, 0.29) is 12.0 Å². The first kappa shape index (κ1) is 15.7. The standard InChI is InChI=1S/C17H15FO4/c1-10-2-5-13(9-15(10)18)14(17(21)22)8-11-3-6-12(7-4-11)16(19)20/h2-7,9,14H,8H2,1H3,(H,19,20)(H,21,22). The molecule has 5 heteroatoms. The minimum absolute atomic E-state index is 0.136. The van der Waals surface area contributed by atoms with Crippen molar-refractivity contribution in [2.75, 3.05) is 0 Å². The molecule has 0 saturated heterocycles. The van der Waals surface area contributed by atoms with Crippen molar-refractivity contribution in [2.24, 2.45) is 0 Å². The van der Waals surface area contributed by atoms with Crippen molar-refractivity contribution in [3.05, 3.63) is 70.5 Å². The number of carboxylic acids is 2. The van der Waals surface area contributed by atoms with Crippen LogP contribution < -0.4 is 0 Å². The molecule has 0 radical (unpaired) electrons. The number of halogens is 1. The van der Waals surface area contributed by atoms with Gasteiger partial charge in [-0.1, -0.05) is 24.3 Å². The SMILES string of the molecule is Cc1ccc(C(Cc2ccc(C(=O)O)cc2)C(=O)O)cc1F. The molecule has 114 valence electrons. The van der Waals surface area contributed by atoms with Gasteiger partial charge in [0, 0.05) is 0 Å². The smallest absolute Gasteiger partial charge is 0.335 e. The third-order valence-corrected chi connectivity index (χ3v) is 3.54. The molecule has 1 unspecified atom stereocenters. The van der Waals surface area contributed by atoms with Crippen LogP contribution in [0.5, 0.6) is 0 Å². The lowest BCUT2D eigenvalue weighted by molar-refractivity contribution is -0.138. The maximum absolute atomic E-state index is 13.6. The molecule has 0 aromatic heterocycles. The Labute approximate surface area is 126 Å². The van der Waals surface area contributed by atoms with Gasteiger partial charge in [-0.3, -0.25) is 4.79 Å². The average molecular weight is 302 g/mol. The van der Waals surface area contributed by atoms with Crippen molar-refractivity contribution in [3.63, 3.8) is 0 Å². The largest absolute Gasteiger partial charge is 0.481 e. The molecule has 0 spiro atoms. The Hall–Kier alpha value is -2.69. The fraction of sp³-hybridized carbons (Fsp3) is 0.176. The highest BCUT2D eigenvalue weighted by Crippen LogP contribution is 2.23. The minimum Gasteiger partial charge on any atom is -0.481 e. The van der Waals surface area contributed by atoms with Crippen molar-refractivity contribution in [2.45, 2.75) is 19.3 Å². The lowest BCUT2D eigenvalue weighted by atomic mass is 9.91. The van der Waals surface area contributed by atoms with Crippen LogP contribution in [0, 0.1) is 12.7 Å². The maximum Gasteiger partial charge on any atom is 0.335 e. The van der Waals surface area contributed by atoms with Gasteiger partial charge in [-0.15, -0.1) is 0 Å². The Kier molecular flexibility index (Phi) is 4.56. The first-order valence-electron chi connectivity index (χ1n) is 6.69. The number of hydrogen-bond donors (Lipinski definition) is 2. The summed E-state index contributed by atoms with van der Waals surface area (Å²) in [6, 6.07) is 10.4. The van der Waals surface area contributed by atoms with Crippen LogP contribution in [0.4, 0.5) is 4.39 Å². The molecule has 2 N–H and O–H groups in total. The normalized spacial score (nSPS) is 11.9. The summed E-state index contributed by atoms with van der Waals surface area (Å²) in [5.41, 5.74) is 1.66. The maximum atomic E-state index is 13.6. The zero-order valence-corrected chi connectivity index (χ0v) is 11.9. The van der Waals surface area contributed by atoms with Gasteiger partial charge in [0.2, 0.25) is 0 Å². The first-order valence-corrected chi connectivity index (χ1v) is 6.69. The second kappa shape index (κ2) is 6.39. The molecule has 0 heterocycles. The Balaban J connectivity index is 2.27. The summed E-state index contributed by atoms with van der Waals surface area (Å²) < 4.78 is 13.6. The molecule has 2 aromatic rings. The predicted octanol–water partition coefficient (Wildman–Crippen LogP) is 3.24. The third-order valence-electron chi connectivity index (χ3n) is 3.54. The van der Waals surface area contributed by atoms with Gasteiger partial charge in [-0.2, -0.15) is 0 Å². The van der Waals surface area contributed by atoms with Gasteiger partial charge in [0.25, 0.3) is 0 Å². The molecule has 22 heavy (non-hydrogen) atoms. The second-order valence-electron chi connectivity index (χ2n) is 5.11. The summed E-state index contributed by atoms with van der Waals surface area (Å²) in [4.78, 5) is 22.3. The van der Waals surface area contributed by atoms with Crippen molar-refractivity contribution in [1.29, 1.82) is 0 Å². The Bertz CT molecular complexity index is 707. The van der Waals surface area contributed by atoms with E-state index in [0.717, 1.165) is 0 Å². The summed E-state index contributed by atoms with van der Waals surface area (Å²) in [6.45, 7) is 1.61. The zero-order valence-electron chi connectivity index (χ0n) is 11.9. The van der Waals surface area contributed by atoms with Crippen LogP contribution in [0.2, 0.25) is 0 Å². The van der Waals surface area contributed by atoms with E-state index in [4.69, 9.17) is 5.11 Å². The molecule has 0 fully saturated rings. The lowest BCUT2D eigenvalue weighted by Gasteiger charge is -2.14. The number of carbonyl (C=O) groups is 2. The quantitative estimate of drug-likeness (QED) is 0.889. The predicted molar refractivity (Wildman–Crippen MR) is 78.6 cm³/mol. The monoisotopic (exact) mass is 302 g/mol. The average Bonchev–Trinajstić information content (AvgIpc) is 2.48. The number of hydrogen-bond acceptors (Lipinski definition) is 2. The fourth-order valence-corrected chi connectivity index (χ4v) is 2.19.